The molecule has 0 amide bonds. The van der Waals surface area contributed by atoms with E-state index in [1.54, 1.807) is 7.11 Å². The van der Waals surface area contributed by atoms with Crippen molar-refractivity contribution >= 4 is 0 Å². The summed E-state index contributed by atoms with van der Waals surface area (Å²) >= 11 is 0. The van der Waals surface area contributed by atoms with Crippen molar-refractivity contribution in [1.82, 2.24) is 5.32 Å². The van der Waals surface area contributed by atoms with Crippen molar-refractivity contribution in [2.75, 3.05) is 14.2 Å². The van der Waals surface area contributed by atoms with Gasteiger partial charge in [0, 0.05) is 19.2 Å². The lowest BCUT2D eigenvalue weighted by Crippen LogP contribution is -2.56. The van der Waals surface area contributed by atoms with Gasteiger partial charge in [0.05, 0.1) is 7.11 Å². The summed E-state index contributed by atoms with van der Waals surface area (Å²) in [5.41, 5.74) is -0.649. The van der Waals surface area contributed by atoms with Crippen molar-refractivity contribution in [3.8, 4) is 5.75 Å². The third-order valence-corrected chi connectivity index (χ3v) is 7.01. The van der Waals surface area contributed by atoms with Gasteiger partial charge in [0.25, 0.3) is 0 Å². The molecule has 0 radical (unpaired) electrons. The highest BCUT2D eigenvalue weighted by molar-refractivity contribution is 5.31. The maximum atomic E-state index is 13.5. The van der Waals surface area contributed by atoms with Gasteiger partial charge in [-0.25, -0.2) is 0 Å². The number of halogens is 3. The summed E-state index contributed by atoms with van der Waals surface area (Å²) in [6.07, 6.45) is -0.813. The van der Waals surface area contributed by atoms with Gasteiger partial charge in [-0.2, -0.15) is 13.2 Å². The second-order valence-corrected chi connectivity index (χ2v) is 8.06. The summed E-state index contributed by atoms with van der Waals surface area (Å²) in [6, 6.07) is 8.67. The quantitative estimate of drug-likeness (QED) is 0.841. The van der Waals surface area contributed by atoms with Crippen molar-refractivity contribution < 1.29 is 22.6 Å². The number of ether oxygens (including phenoxy) is 2. The first-order chi connectivity index (χ1) is 12.4. The minimum absolute atomic E-state index is 0.0543. The predicted molar refractivity (Wildman–Crippen MR) is 92.3 cm³/mol. The average molecular weight is 369 g/mol. The molecule has 3 nitrogen and oxygen atoms in total. The standard InChI is InChI=1S/C20H26F3NO2/c1-25-15-5-3-12(4-6-15)16-7-8-17(16)24-18-10-14-9-13(18)11-19(14,26-2)20(21,22)23/h3-6,13-14,16-18,24H,7-11H2,1-2H3/t13-,14-,16?,17?,18+,19-/m0/s1. The summed E-state index contributed by atoms with van der Waals surface area (Å²) in [5.74, 6) is 0.914. The molecule has 3 saturated carbocycles. The lowest BCUT2D eigenvalue weighted by Gasteiger charge is -2.44. The van der Waals surface area contributed by atoms with Gasteiger partial charge >= 0.3 is 6.18 Å². The van der Waals surface area contributed by atoms with Crippen LogP contribution in [0.2, 0.25) is 0 Å². The average Bonchev–Trinajstić information content (AvgIpc) is 3.17. The molecule has 0 spiro atoms. The third kappa shape index (κ3) is 2.73. The molecule has 26 heavy (non-hydrogen) atoms. The molecule has 0 heterocycles. The maximum Gasteiger partial charge on any atom is 0.417 e. The monoisotopic (exact) mass is 369 g/mol. The highest BCUT2D eigenvalue weighted by Crippen LogP contribution is 2.59. The van der Waals surface area contributed by atoms with E-state index in [1.807, 2.05) is 12.1 Å². The fraction of sp³-hybridized carbons (Fsp3) is 0.700. The van der Waals surface area contributed by atoms with E-state index < -0.39 is 17.7 Å². The molecule has 2 bridgehead atoms. The topological polar surface area (TPSA) is 30.5 Å². The lowest BCUT2D eigenvalue weighted by molar-refractivity contribution is -0.287. The van der Waals surface area contributed by atoms with E-state index in [1.165, 1.54) is 12.7 Å². The van der Waals surface area contributed by atoms with E-state index in [4.69, 9.17) is 9.47 Å². The van der Waals surface area contributed by atoms with Crippen LogP contribution in [0, 0.1) is 11.8 Å². The number of methoxy groups -OCH3 is 2. The van der Waals surface area contributed by atoms with Crippen LogP contribution in [0.3, 0.4) is 0 Å². The molecule has 0 aromatic heterocycles. The van der Waals surface area contributed by atoms with Crippen LogP contribution in [0.1, 0.15) is 43.6 Å². The van der Waals surface area contributed by atoms with Gasteiger partial charge in [0.2, 0.25) is 0 Å². The fourth-order valence-electron chi connectivity index (χ4n) is 5.43. The molecule has 3 fully saturated rings. The number of benzene rings is 1. The van der Waals surface area contributed by atoms with E-state index in [-0.39, 0.29) is 18.4 Å². The molecule has 6 heteroatoms. The molecule has 2 unspecified atom stereocenters. The van der Waals surface area contributed by atoms with Crippen molar-refractivity contribution in [2.45, 2.75) is 61.9 Å². The molecule has 1 aromatic rings. The van der Waals surface area contributed by atoms with E-state index in [0.29, 0.717) is 24.8 Å². The minimum atomic E-state index is -4.28. The predicted octanol–water partition coefficient (Wildman–Crippen LogP) is 4.28. The Balaban J connectivity index is 1.39. The Labute approximate surface area is 152 Å². The van der Waals surface area contributed by atoms with Gasteiger partial charge < -0.3 is 14.8 Å². The van der Waals surface area contributed by atoms with E-state index in [0.717, 1.165) is 18.6 Å². The van der Waals surface area contributed by atoms with E-state index in [2.05, 4.69) is 17.4 Å². The Hall–Kier alpha value is -1.27. The van der Waals surface area contributed by atoms with Crippen LogP contribution in [-0.4, -0.2) is 38.1 Å². The van der Waals surface area contributed by atoms with E-state index >= 15 is 0 Å². The van der Waals surface area contributed by atoms with Gasteiger partial charge in [0.15, 0.2) is 5.60 Å². The Morgan fingerprint density at radius 1 is 1.04 bits per heavy atom. The summed E-state index contributed by atoms with van der Waals surface area (Å²) < 4.78 is 50.8. The number of fused-ring (bicyclic) bond motifs is 2. The first-order valence-corrected chi connectivity index (χ1v) is 9.40. The first kappa shape index (κ1) is 18.1. The lowest BCUT2D eigenvalue weighted by atomic mass is 9.73. The van der Waals surface area contributed by atoms with Crippen LogP contribution in [-0.2, 0) is 4.74 Å². The van der Waals surface area contributed by atoms with Crippen LogP contribution >= 0.6 is 0 Å². The highest BCUT2D eigenvalue weighted by atomic mass is 19.4. The molecular formula is C20H26F3NO2. The van der Waals surface area contributed by atoms with Gasteiger partial charge in [-0.05, 0) is 67.6 Å². The largest absolute Gasteiger partial charge is 0.497 e. The summed E-state index contributed by atoms with van der Waals surface area (Å²) in [4.78, 5) is 0. The zero-order chi connectivity index (χ0) is 18.5. The first-order valence-electron chi connectivity index (χ1n) is 9.40. The zero-order valence-electron chi connectivity index (χ0n) is 15.2. The van der Waals surface area contributed by atoms with Crippen molar-refractivity contribution in [2.24, 2.45) is 11.8 Å². The molecule has 3 aliphatic rings. The van der Waals surface area contributed by atoms with Crippen molar-refractivity contribution in [3.05, 3.63) is 29.8 Å². The third-order valence-electron chi connectivity index (χ3n) is 7.01. The molecule has 3 aliphatic carbocycles. The van der Waals surface area contributed by atoms with Gasteiger partial charge in [-0.3, -0.25) is 0 Å². The number of hydrogen-bond donors (Lipinski definition) is 1. The van der Waals surface area contributed by atoms with Gasteiger partial charge in [0.1, 0.15) is 5.75 Å². The van der Waals surface area contributed by atoms with Gasteiger partial charge in [-0.15, -0.1) is 0 Å². The molecule has 1 aromatic carbocycles. The van der Waals surface area contributed by atoms with E-state index in [9.17, 15) is 13.2 Å². The molecule has 144 valence electrons. The number of alkyl halides is 3. The Kier molecular flexibility index (Phi) is 4.47. The zero-order valence-corrected chi connectivity index (χ0v) is 15.2. The smallest absolute Gasteiger partial charge is 0.417 e. The van der Waals surface area contributed by atoms with Crippen LogP contribution in [0.4, 0.5) is 13.2 Å². The molecule has 4 rings (SSSR count). The SMILES string of the molecule is COc1ccc(C2CCC2N[C@@H]2C[C@@H]3C[C@H]2C[C@@]3(OC)C(F)(F)F)cc1. The number of nitrogens with one attached hydrogen (secondary N) is 1. The Morgan fingerprint density at radius 2 is 1.77 bits per heavy atom. The summed E-state index contributed by atoms with van der Waals surface area (Å²) in [6.45, 7) is 0. The second-order valence-electron chi connectivity index (χ2n) is 8.06. The number of hydrogen-bond acceptors (Lipinski definition) is 3. The normalized spacial score (nSPS) is 39.0. The molecular weight excluding hydrogens is 343 g/mol. The minimum Gasteiger partial charge on any atom is -0.497 e. The highest BCUT2D eigenvalue weighted by Gasteiger charge is 2.68. The van der Waals surface area contributed by atoms with Crippen molar-refractivity contribution in [3.63, 3.8) is 0 Å². The Bertz CT molecular complexity index is 647. The van der Waals surface area contributed by atoms with Crippen LogP contribution in [0.15, 0.2) is 24.3 Å². The maximum absolute atomic E-state index is 13.5. The summed E-state index contributed by atoms with van der Waals surface area (Å²) in [5, 5.41) is 3.68. The summed E-state index contributed by atoms with van der Waals surface area (Å²) in [7, 11) is 2.86. The van der Waals surface area contributed by atoms with Crippen LogP contribution < -0.4 is 10.1 Å². The molecule has 6 atom stereocenters. The Morgan fingerprint density at radius 3 is 2.23 bits per heavy atom. The molecule has 0 aliphatic heterocycles. The fourth-order valence-corrected chi connectivity index (χ4v) is 5.43. The van der Waals surface area contributed by atoms with Crippen LogP contribution in [0.25, 0.3) is 0 Å². The van der Waals surface area contributed by atoms with Crippen LogP contribution in [0.5, 0.6) is 5.75 Å². The van der Waals surface area contributed by atoms with Crippen molar-refractivity contribution in [1.29, 1.82) is 0 Å². The number of rotatable bonds is 5. The molecule has 0 saturated heterocycles. The molecule has 1 N–H and O–H groups in total. The second kappa shape index (κ2) is 6.41. The van der Waals surface area contributed by atoms with Gasteiger partial charge in [-0.1, -0.05) is 12.1 Å².